The van der Waals surface area contributed by atoms with Crippen molar-refractivity contribution in [2.45, 2.75) is 99.0 Å². The molecule has 15 unspecified atom stereocenters. The van der Waals surface area contributed by atoms with Crippen molar-refractivity contribution in [1.29, 1.82) is 0 Å². The summed E-state index contributed by atoms with van der Waals surface area (Å²) in [6.07, 6.45) is -24.7. The molecule has 0 saturated carbocycles. The van der Waals surface area contributed by atoms with Crippen LogP contribution in [-0.4, -0.2) is 179 Å². The van der Waals surface area contributed by atoms with Crippen LogP contribution >= 0.6 is 0 Å². The van der Waals surface area contributed by atoms with Gasteiger partial charge < -0.3 is 99.5 Å². The van der Waals surface area contributed by atoms with E-state index in [9.17, 15) is 66.4 Å². The first-order valence-electron chi connectivity index (χ1n) is 16.9. The SMILES string of the molecule is COc1cc(-c2[o+]c3cc(O)cc(OC4OC(CO)C(O)C(O)C4O)c3cc2OC2OC(COC3OC(C)C(O)C(O)C3O)C(O)C(O)C2O)cc(O)c1O. The molecular formula is C34H43O21+. The van der Waals surface area contributed by atoms with E-state index in [1.807, 2.05) is 0 Å². The van der Waals surface area contributed by atoms with E-state index in [1.54, 1.807) is 0 Å². The van der Waals surface area contributed by atoms with Gasteiger partial charge >= 0.3 is 11.3 Å². The average Bonchev–Trinajstić information content (AvgIpc) is 3.16. The summed E-state index contributed by atoms with van der Waals surface area (Å²) < 4.78 is 45.3. The number of fused-ring (bicyclic) bond motifs is 1. The summed E-state index contributed by atoms with van der Waals surface area (Å²) >= 11 is 0. The smallest absolute Gasteiger partial charge is 0.402 e. The van der Waals surface area contributed by atoms with Gasteiger partial charge in [-0.25, -0.2) is 4.42 Å². The van der Waals surface area contributed by atoms with Crippen molar-refractivity contribution < 1.29 is 104 Å². The summed E-state index contributed by atoms with van der Waals surface area (Å²) in [5.41, 5.74) is -0.166. The van der Waals surface area contributed by atoms with Crippen LogP contribution in [0.15, 0.2) is 34.7 Å². The van der Waals surface area contributed by atoms with Crippen molar-refractivity contribution in [2.24, 2.45) is 0 Å². The van der Waals surface area contributed by atoms with Gasteiger partial charge in [0.15, 0.2) is 17.8 Å². The second-order valence-electron chi connectivity index (χ2n) is 13.3. The molecule has 21 heteroatoms. The number of aliphatic hydroxyl groups is 10. The number of hydrogen-bond donors (Lipinski definition) is 13. The number of methoxy groups -OCH3 is 1. The molecule has 3 aromatic rings. The third-order valence-corrected chi connectivity index (χ3v) is 9.57. The highest BCUT2D eigenvalue weighted by Gasteiger charge is 2.49. The summed E-state index contributed by atoms with van der Waals surface area (Å²) in [7, 11) is 1.20. The highest BCUT2D eigenvalue weighted by molar-refractivity contribution is 5.89. The Morgan fingerprint density at radius 2 is 1.20 bits per heavy atom. The van der Waals surface area contributed by atoms with Crippen molar-refractivity contribution in [3.63, 3.8) is 0 Å². The van der Waals surface area contributed by atoms with Gasteiger partial charge in [-0.15, -0.1) is 0 Å². The van der Waals surface area contributed by atoms with E-state index in [2.05, 4.69) is 0 Å². The molecule has 3 aliphatic rings. The van der Waals surface area contributed by atoms with Crippen molar-refractivity contribution in [3.8, 4) is 45.8 Å². The van der Waals surface area contributed by atoms with Gasteiger partial charge in [-0.1, -0.05) is 0 Å². The van der Waals surface area contributed by atoms with Gasteiger partial charge in [0.2, 0.25) is 24.1 Å². The lowest BCUT2D eigenvalue weighted by molar-refractivity contribution is -0.318. The normalized spacial score (nSPS) is 36.8. The third-order valence-electron chi connectivity index (χ3n) is 9.57. The lowest BCUT2D eigenvalue weighted by Crippen LogP contribution is -2.61. The van der Waals surface area contributed by atoms with E-state index in [0.717, 1.165) is 18.2 Å². The number of hydrogen-bond acceptors (Lipinski definition) is 20. The Balaban J connectivity index is 1.37. The fraction of sp³-hybridized carbons (Fsp3) is 0.559. The van der Waals surface area contributed by atoms with Crippen LogP contribution in [-0.2, 0) is 18.9 Å². The Morgan fingerprint density at radius 3 is 1.84 bits per heavy atom. The van der Waals surface area contributed by atoms with Crippen molar-refractivity contribution >= 4 is 11.0 Å². The first-order chi connectivity index (χ1) is 26.0. The molecule has 2 aromatic carbocycles. The lowest BCUT2D eigenvalue weighted by Gasteiger charge is -2.42. The second-order valence-corrected chi connectivity index (χ2v) is 13.3. The van der Waals surface area contributed by atoms with Gasteiger partial charge in [0.25, 0.3) is 0 Å². The molecule has 304 valence electrons. The van der Waals surface area contributed by atoms with Gasteiger partial charge in [-0.3, -0.25) is 0 Å². The first kappa shape index (κ1) is 40.7. The Bertz CT molecular complexity index is 1810. The zero-order valence-electron chi connectivity index (χ0n) is 29.0. The molecule has 6 rings (SSSR count). The van der Waals surface area contributed by atoms with Gasteiger partial charge in [0.05, 0.1) is 38.1 Å². The van der Waals surface area contributed by atoms with Crippen molar-refractivity contribution in [3.05, 3.63) is 30.3 Å². The van der Waals surface area contributed by atoms with Crippen molar-refractivity contribution in [1.82, 2.24) is 0 Å². The van der Waals surface area contributed by atoms with Crippen LogP contribution in [0.4, 0.5) is 0 Å². The van der Waals surface area contributed by atoms with Crippen LogP contribution in [0.3, 0.4) is 0 Å². The van der Waals surface area contributed by atoms with Gasteiger partial charge in [-0.2, -0.15) is 0 Å². The summed E-state index contributed by atoms with van der Waals surface area (Å²) in [6, 6.07) is 5.71. The molecular weight excluding hydrogens is 744 g/mol. The molecule has 0 spiro atoms. The Kier molecular flexibility index (Phi) is 12.1. The molecule has 15 atom stereocenters. The number of rotatable bonds is 10. The first-order valence-corrected chi connectivity index (χ1v) is 16.9. The highest BCUT2D eigenvalue weighted by atomic mass is 16.7. The maximum Gasteiger partial charge on any atom is 0.402 e. The van der Waals surface area contributed by atoms with Crippen LogP contribution in [0.1, 0.15) is 6.92 Å². The van der Waals surface area contributed by atoms with Crippen molar-refractivity contribution in [2.75, 3.05) is 20.3 Å². The van der Waals surface area contributed by atoms with E-state index in [0.29, 0.717) is 0 Å². The van der Waals surface area contributed by atoms with Crippen LogP contribution in [0.2, 0.25) is 0 Å². The largest absolute Gasteiger partial charge is 0.507 e. The van der Waals surface area contributed by atoms with Crippen LogP contribution in [0.25, 0.3) is 22.3 Å². The summed E-state index contributed by atoms with van der Waals surface area (Å²) in [6.45, 7) is 0.0415. The van der Waals surface area contributed by atoms with E-state index in [1.165, 1.54) is 26.2 Å². The predicted octanol–water partition coefficient (Wildman–Crippen LogP) is -3.28. The monoisotopic (exact) mass is 787 g/mol. The summed E-state index contributed by atoms with van der Waals surface area (Å²) in [4.78, 5) is 0. The Morgan fingerprint density at radius 1 is 0.618 bits per heavy atom. The highest BCUT2D eigenvalue weighted by Crippen LogP contribution is 2.46. The number of phenols is 3. The average molecular weight is 788 g/mol. The maximum atomic E-state index is 11.0. The fourth-order valence-electron chi connectivity index (χ4n) is 6.34. The molecule has 0 aliphatic carbocycles. The third kappa shape index (κ3) is 7.90. The maximum absolute atomic E-state index is 11.0. The molecule has 21 nitrogen and oxygen atoms in total. The predicted molar refractivity (Wildman–Crippen MR) is 178 cm³/mol. The Hall–Kier alpha value is -3.91. The Labute approximate surface area is 310 Å². The van der Waals surface area contributed by atoms with Crippen LogP contribution in [0, 0.1) is 0 Å². The molecule has 1 aromatic heterocycles. The summed E-state index contributed by atoms with van der Waals surface area (Å²) in [5.74, 6) is -2.84. The summed E-state index contributed by atoms with van der Waals surface area (Å²) in [5, 5.41) is 135. The molecule has 0 bridgehead atoms. The molecule has 3 saturated heterocycles. The van der Waals surface area contributed by atoms with E-state index < -0.39 is 123 Å². The second kappa shape index (κ2) is 16.3. The topological polar surface area (TPSA) is 339 Å². The van der Waals surface area contributed by atoms with Crippen LogP contribution in [0.5, 0.6) is 34.5 Å². The lowest BCUT2D eigenvalue weighted by atomic mass is 9.98. The zero-order chi connectivity index (χ0) is 40.0. The minimum atomic E-state index is -1.96. The molecule has 0 amide bonds. The van der Waals surface area contributed by atoms with Gasteiger partial charge in [0.1, 0.15) is 84.0 Å². The number of benzene rings is 2. The number of aromatic hydroxyl groups is 3. The van der Waals surface area contributed by atoms with Crippen LogP contribution < -0.4 is 14.2 Å². The number of ether oxygens (including phenoxy) is 7. The number of phenolic OH excluding ortho intramolecular Hbond substituents is 3. The standard InChI is InChI=1S/C34H42O21/c1-10-21(38)25(42)28(45)32(50-10)49-9-20-24(41)27(44)30(47)34(55-20)53-18-7-13-15(51-31(18)11-3-14(37)22(39)17(4-11)48-2)5-12(36)6-16(13)52-33-29(46)26(43)23(40)19(8-35)54-33/h3-7,10,19-21,23-30,32-35,38,40-47H,8-9H2,1-2H3,(H2-,36,37,39)/p+1. The van der Waals surface area contributed by atoms with E-state index >= 15 is 0 Å². The molecule has 3 aliphatic heterocycles. The minimum Gasteiger partial charge on any atom is -0.507 e. The minimum absolute atomic E-state index is 0.0205. The van der Waals surface area contributed by atoms with Gasteiger partial charge in [0, 0.05) is 24.3 Å². The molecule has 4 heterocycles. The van der Waals surface area contributed by atoms with E-state index in [4.69, 9.17) is 37.6 Å². The molecule has 55 heavy (non-hydrogen) atoms. The van der Waals surface area contributed by atoms with E-state index in [-0.39, 0.29) is 39.5 Å². The fourth-order valence-corrected chi connectivity index (χ4v) is 6.34. The van der Waals surface area contributed by atoms with Gasteiger partial charge in [-0.05, 0) is 6.92 Å². The molecule has 13 N–H and O–H groups in total. The zero-order valence-corrected chi connectivity index (χ0v) is 29.0. The molecule has 0 radical (unpaired) electrons. The number of aliphatic hydroxyl groups excluding tert-OH is 10. The quantitative estimate of drug-likeness (QED) is 0.0707. The molecule has 3 fully saturated rings.